The lowest BCUT2D eigenvalue weighted by Gasteiger charge is -2.35. The SMILES string of the molecule is Oc1ccc(C2OC(c3ccc(Cl)cc3Cl)=NC(=S)N2n2cnnc2)cc1. The highest BCUT2D eigenvalue weighted by Crippen LogP contribution is 2.31. The molecule has 1 unspecified atom stereocenters. The molecule has 0 aliphatic carbocycles. The minimum absolute atomic E-state index is 0.141. The van der Waals surface area contributed by atoms with Gasteiger partial charge in [0.15, 0.2) is 0 Å². The number of halogens is 2. The Bertz CT molecular complexity index is 1020. The number of thiocarbonyl (C=S) groups is 1. The van der Waals surface area contributed by atoms with Gasteiger partial charge in [-0.1, -0.05) is 23.2 Å². The third-order valence-corrected chi connectivity index (χ3v) is 4.66. The van der Waals surface area contributed by atoms with E-state index in [4.69, 9.17) is 40.2 Å². The van der Waals surface area contributed by atoms with E-state index in [0.29, 0.717) is 15.6 Å². The van der Waals surface area contributed by atoms with E-state index < -0.39 is 6.23 Å². The van der Waals surface area contributed by atoms with Gasteiger partial charge in [0.25, 0.3) is 0 Å². The van der Waals surface area contributed by atoms with E-state index in [1.807, 2.05) is 0 Å². The number of rotatable bonds is 3. The summed E-state index contributed by atoms with van der Waals surface area (Å²) < 4.78 is 7.70. The molecule has 0 spiro atoms. The number of ether oxygens (including phenoxy) is 1. The summed E-state index contributed by atoms with van der Waals surface area (Å²) in [5, 5.41) is 19.9. The number of aromatic nitrogens is 3. The molecule has 0 fully saturated rings. The second-order valence-electron chi connectivity index (χ2n) is 5.57. The van der Waals surface area contributed by atoms with Crippen molar-refractivity contribution in [2.24, 2.45) is 4.99 Å². The molecule has 10 heteroatoms. The molecule has 0 amide bonds. The molecular weight excluding hydrogens is 409 g/mol. The number of phenols is 1. The van der Waals surface area contributed by atoms with Crippen molar-refractivity contribution in [1.82, 2.24) is 14.9 Å². The van der Waals surface area contributed by atoms with Crippen molar-refractivity contribution in [3.63, 3.8) is 0 Å². The first-order valence-corrected chi connectivity index (χ1v) is 8.87. The van der Waals surface area contributed by atoms with Gasteiger partial charge < -0.3 is 9.84 Å². The largest absolute Gasteiger partial charge is 0.508 e. The average Bonchev–Trinajstić information content (AvgIpc) is 3.16. The number of nitrogens with zero attached hydrogens (tertiary/aromatic N) is 5. The van der Waals surface area contributed by atoms with Crippen LogP contribution in [0.15, 0.2) is 60.1 Å². The zero-order valence-corrected chi connectivity index (χ0v) is 15.9. The minimum atomic E-state index is -0.673. The zero-order valence-electron chi connectivity index (χ0n) is 13.5. The summed E-state index contributed by atoms with van der Waals surface area (Å²) in [5.74, 6) is 0.409. The van der Waals surface area contributed by atoms with Gasteiger partial charge >= 0.3 is 0 Å². The molecule has 1 aliphatic rings. The fourth-order valence-corrected chi connectivity index (χ4v) is 3.34. The first kappa shape index (κ1) is 17.7. The van der Waals surface area contributed by atoms with E-state index in [1.54, 1.807) is 52.1 Å². The number of hydrogen-bond acceptors (Lipinski definition) is 5. The number of phenolic OH excluding ortho intramolecular Hbond substituents is 1. The predicted octanol–water partition coefficient (Wildman–Crippen LogP) is 3.69. The lowest BCUT2D eigenvalue weighted by Crippen LogP contribution is -2.46. The van der Waals surface area contributed by atoms with Gasteiger partial charge in [-0.15, -0.1) is 10.2 Å². The number of aromatic hydroxyl groups is 1. The van der Waals surface area contributed by atoms with Gasteiger partial charge in [-0.25, -0.2) is 9.69 Å². The third-order valence-electron chi connectivity index (χ3n) is 3.83. The van der Waals surface area contributed by atoms with Gasteiger partial charge in [0, 0.05) is 10.6 Å². The number of hydrogen-bond donors (Lipinski definition) is 1. The van der Waals surface area contributed by atoms with E-state index in [0.717, 1.165) is 5.56 Å². The van der Waals surface area contributed by atoms with Gasteiger partial charge in [0.2, 0.25) is 17.2 Å². The van der Waals surface area contributed by atoms with Crippen molar-refractivity contribution in [1.29, 1.82) is 0 Å². The smallest absolute Gasteiger partial charge is 0.227 e. The molecule has 0 bridgehead atoms. The molecule has 1 N–H and O–H groups in total. The second-order valence-corrected chi connectivity index (χ2v) is 6.78. The lowest BCUT2D eigenvalue weighted by atomic mass is 10.1. The van der Waals surface area contributed by atoms with E-state index >= 15 is 0 Å². The molecule has 4 rings (SSSR count). The average molecular weight is 420 g/mol. The molecule has 0 radical (unpaired) electrons. The second kappa shape index (κ2) is 7.15. The van der Waals surface area contributed by atoms with Crippen LogP contribution >= 0.6 is 35.4 Å². The summed E-state index contributed by atoms with van der Waals surface area (Å²) in [6.07, 6.45) is 2.30. The van der Waals surface area contributed by atoms with E-state index in [2.05, 4.69) is 15.2 Å². The van der Waals surface area contributed by atoms with Crippen molar-refractivity contribution < 1.29 is 9.84 Å². The molecule has 1 aromatic heterocycles. The fourth-order valence-electron chi connectivity index (χ4n) is 2.58. The normalized spacial score (nSPS) is 16.8. The Morgan fingerprint density at radius 2 is 1.74 bits per heavy atom. The molecule has 3 aromatic rings. The van der Waals surface area contributed by atoms with Gasteiger partial charge in [0.1, 0.15) is 18.4 Å². The molecule has 0 saturated heterocycles. The molecule has 136 valence electrons. The highest BCUT2D eigenvalue weighted by Gasteiger charge is 2.33. The molecule has 7 nitrogen and oxygen atoms in total. The summed E-state index contributed by atoms with van der Waals surface area (Å²) in [6.45, 7) is 0. The lowest BCUT2D eigenvalue weighted by molar-refractivity contribution is 0.172. The van der Waals surface area contributed by atoms with Crippen LogP contribution in [0.25, 0.3) is 0 Å². The Balaban J connectivity index is 1.80. The Hall–Kier alpha value is -2.68. The van der Waals surface area contributed by atoms with Crippen molar-refractivity contribution in [2.75, 3.05) is 5.01 Å². The summed E-state index contributed by atoms with van der Waals surface area (Å²) in [7, 11) is 0. The monoisotopic (exact) mass is 419 g/mol. The molecule has 1 aliphatic heterocycles. The van der Waals surface area contributed by atoms with Gasteiger partial charge in [-0.3, -0.25) is 0 Å². The van der Waals surface area contributed by atoms with Crippen LogP contribution < -0.4 is 5.01 Å². The highest BCUT2D eigenvalue weighted by molar-refractivity contribution is 7.80. The number of benzene rings is 2. The van der Waals surface area contributed by atoms with Crippen LogP contribution in [0.2, 0.25) is 10.0 Å². The van der Waals surface area contributed by atoms with Crippen molar-refractivity contribution in [3.8, 4) is 5.75 Å². The first-order valence-electron chi connectivity index (χ1n) is 7.71. The standard InChI is InChI=1S/C17H11Cl2N5O2S/c18-11-3-6-13(14(19)7-11)15-22-17(27)24(23-8-20-21-9-23)16(26-15)10-1-4-12(25)5-2-10/h1-9,16,25H. The summed E-state index contributed by atoms with van der Waals surface area (Å²) in [5.41, 5.74) is 1.30. The van der Waals surface area contributed by atoms with Gasteiger partial charge in [0.05, 0.1) is 10.6 Å². The Labute approximate surface area is 169 Å². The van der Waals surface area contributed by atoms with Gasteiger partial charge in [-0.2, -0.15) is 4.99 Å². The molecule has 2 heterocycles. The topological polar surface area (TPSA) is 75.8 Å². The van der Waals surface area contributed by atoms with Crippen LogP contribution in [0.3, 0.4) is 0 Å². The van der Waals surface area contributed by atoms with Crippen molar-refractivity contribution in [2.45, 2.75) is 6.23 Å². The molecule has 2 aromatic carbocycles. The Morgan fingerprint density at radius 3 is 2.41 bits per heavy atom. The van der Waals surface area contributed by atoms with Crippen LogP contribution in [0.1, 0.15) is 17.4 Å². The van der Waals surface area contributed by atoms with Crippen molar-refractivity contribution >= 4 is 46.4 Å². The fraction of sp³-hybridized carbons (Fsp3) is 0.0588. The zero-order chi connectivity index (χ0) is 19.0. The number of aliphatic imine (C=N–C) groups is 1. The van der Waals surface area contributed by atoms with E-state index in [1.165, 1.54) is 12.7 Å². The third kappa shape index (κ3) is 3.46. The maximum Gasteiger partial charge on any atom is 0.227 e. The van der Waals surface area contributed by atoms with Crippen LogP contribution in [0.4, 0.5) is 0 Å². The Morgan fingerprint density at radius 1 is 1.04 bits per heavy atom. The molecule has 0 saturated carbocycles. The summed E-state index contributed by atoms with van der Waals surface area (Å²) in [6, 6.07) is 11.6. The van der Waals surface area contributed by atoms with Crippen LogP contribution in [-0.2, 0) is 4.74 Å². The molecule has 27 heavy (non-hydrogen) atoms. The van der Waals surface area contributed by atoms with Gasteiger partial charge in [-0.05, 0) is 54.7 Å². The molecule has 1 atom stereocenters. The van der Waals surface area contributed by atoms with E-state index in [-0.39, 0.29) is 16.8 Å². The molecular formula is C17H11Cl2N5O2S. The van der Waals surface area contributed by atoms with Crippen LogP contribution in [0.5, 0.6) is 5.75 Å². The highest BCUT2D eigenvalue weighted by atomic mass is 35.5. The maximum absolute atomic E-state index is 9.59. The quantitative estimate of drug-likeness (QED) is 0.652. The summed E-state index contributed by atoms with van der Waals surface area (Å²) >= 11 is 17.8. The van der Waals surface area contributed by atoms with Crippen LogP contribution in [0, 0.1) is 0 Å². The van der Waals surface area contributed by atoms with Crippen molar-refractivity contribution in [3.05, 3.63) is 76.3 Å². The first-order chi connectivity index (χ1) is 13.0. The minimum Gasteiger partial charge on any atom is -0.508 e. The maximum atomic E-state index is 9.59. The Kier molecular flexibility index (Phi) is 4.69. The van der Waals surface area contributed by atoms with E-state index in [9.17, 15) is 5.11 Å². The van der Waals surface area contributed by atoms with Crippen LogP contribution in [-0.4, -0.2) is 31.0 Å². The predicted molar refractivity (Wildman–Crippen MR) is 106 cm³/mol. The summed E-state index contributed by atoms with van der Waals surface area (Å²) in [4.78, 5) is 4.37.